The molecule has 0 aliphatic rings. The molecule has 0 amide bonds. The quantitative estimate of drug-likeness (QED) is 0.438. The van der Waals surface area contributed by atoms with E-state index in [-0.39, 0.29) is 5.28 Å². The summed E-state index contributed by atoms with van der Waals surface area (Å²) in [5, 5.41) is 3.42. The molecule has 0 fully saturated rings. The van der Waals surface area contributed by atoms with E-state index in [1.165, 1.54) is 0 Å². The van der Waals surface area contributed by atoms with Gasteiger partial charge in [0.05, 0.1) is 17.4 Å². The van der Waals surface area contributed by atoms with Gasteiger partial charge in [-0.05, 0) is 36.7 Å². The number of rotatable bonds is 4. The number of nitrogens with zero attached hydrogens (tertiary/aromatic N) is 5. The fourth-order valence-electron chi connectivity index (χ4n) is 2.71. The Bertz CT molecular complexity index is 1060. The Morgan fingerprint density at radius 1 is 1.33 bits per heavy atom. The highest BCUT2D eigenvalue weighted by Gasteiger charge is 2.11. The number of aromatic nitrogens is 6. The van der Waals surface area contributed by atoms with Crippen LogP contribution in [-0.4, -0.2) is 29.5 Å². The zero-order chi connectivity index (χ0) is 16.7. The third-order valence-corrected chi connectivity index (χ3v) is 3.94. The Labute approximate surface area is 142 Å². The van der Waals surface area contributed by atoms with Gasteiger partial charge in [0.25, 0.3) is 0 Å². The molecule has 0 radical (unpaired) electrons. The van der Waals surface area contributed by atoms with Crippen LogP contribution in [0.4, 0.5) is 11.5 Å². The number of H-pyrrole nitrogens is 1. The highest BCUT2D eigenvalue weighted by atomic mass is 35.5. The number of aromatic amines is 1. The summed E-state index contributed by atoms with van der Waals surface area (Å²) in [7, 11) is 0. The number of nitrogens with one attached hydrogen (secondary N) is 2. The van der Waals surface area contributed by atoms with Crippen LogP contribution in [-0.2, 0) is 6.54 Å². The minimum atomic E-state index is 0.144. The summed E-state index contributed by atoms with van der Waals surface area (Å²) in [6, 6.07) is 5.94. The van der Waals surface area contributed by atoms with Gasteiger partial charge in [-0.1, -0.05) is 6.08 Å². The molecular formula is C16H14ClN7. The monoisotopic (exact) mass is 339 g/mol. The molecule has 120 valence electrons. The van der Waals surface area contributed by atoms with Crippen molar-refractivity contribution in [3.05, 3.63) is 48.3 Å². The molecule has 24 heavy (non-hydrogen) atoms. The zero-order valence-electron chi connectivity index (χ0n) is 12.9. The van der Waals surface area contributed by atoms with E-state index in [9.17, 15) is 0 Å². The number of imidazole rings is 2. The smallest absolute Gasteiger partial charge is 0.226 e. The van der Waals surface area contributed by atoms with Gasteiger partial charge in [-0.2, -0.15) is 9.97 Å². The summed E-state index contributed by atoms with van der Waals surface area (Å²) in [6.45, 7) is 6.49. The number of anilines is 2. The highest BCUT2D eigenvalue weighted by molar-refractivity contribution is 6.28. The van der Waals surface area contributed by atoms with Crippen LogP contribution in [0.25, 0.3) is 22.2 Å². The van der Waals surface area contributed by atoms with Gasteiger partial charge in [-0.3, -0.25) is 0 Å². The molecule has 3 heterocycles. The van der Waals surface area contributed by atoms with Crippen molar-refractivity contribution in [3.8, 4) is 0 Å². The van der Waals surface area contributed by atoms with Gasteiger partial charge in [0, 0.05) is 12.2 Å². The molecule has 0 aliphatic heterocycles. The van der Waals surface area contributed by atoms with Gasteiger partial charge in [-0.15, -0.1) is 6.58 Å². The second-order valence-electron chi connectivity index (χ2n) is 5.33. The van der Waals surface area contributed by atoms with E-state index in [2.05, 4.69) is 41.4 Å². The van der Waals surface area contributed by atoms with Crippen LogP contribution in [0.2, 0.25) is 5.28 Å². The second kappa shape index (κ2) is 5.61. The van der Waals surface area contributed by atoms with Crippen LogP contribution in [0, 0.1) is 6.92 Å². The van der Waals surface area contributed by atoms with Gasteiger partial charge in [-0.25, -0.2) is 9.97 Å². The lowest BCUT2D eigenvalue weighted by atomic mass is 10.2. The molecule has 0 aliphatic carbocycles. The molecule has 0 saturated carbocycles. The molecule has 4 aromatic rings. The second-order valence-corrected chi connectivity index (χ2v) is 5.67. The lowest BCUT2D eigenvalue weighted by Crippen LogP contribution is -1.99. The summed E-state index contributed by atoms with van der Waals surface area (Å²) >= 11 is 5.97. The number of hydrogen-bond acceptors (Lipinski definition) is 5. The molecule has 4 rings (SSSR count). The topological polar surface area (TPSA) is 84.3 Å². The normalized spacial score (nSPS) is 11.2. The Morgan fingerprint density at radius 3 is 3.04 bits per heavy atom. The molecule has 0 bridgehead atoms. The molecule has 0 spiro atoms. The van der Waals surface area contributed by atoms with Gasteiger partial charge in [0.1, 0.15) is 11.3 Å². The van der Waals surface area contributed by atoms with Crippen LogP contribution in [0.15, 0.2) is 37.2 Å². The van der Waals surface area contributed by atoms with Gasteiger partial charge < -0.3 is 14.9 Å². The maximum Gasteiger partial charge on any atom is 0.226 e. The van der Waals surface area contributed by atoms with Crippen molar-refractivity contribution < 1.29 is 0 Å². The highest BCUT2D eigenvalue weighted by Crippen LogP contribution is 2.26. The van der Waals surface area contributed by atoms with Crippen LogP contribution in [0.5, 0.6) is 0 Å². The van der Waals surface area contributed by atoms with E-state index in [1.54, 1.807) is 6.33 Å². The molecule has 7 nitrogen and oxygen atoms in total. The average Bonchev–Trinajstić information content (AvgIpc) is 3.13. The summed E-state index contributed by atoms with van der Waals surface area (Å²) in [5.41, 5.74) is 4.06. The Kier molecular flexibility index (Phi) is 3.42. The third kappa shape index (κ3) is 2.39. The Balaban J connectivity index is 1.80. The van der Waals surface area contributed by atoms with Crippen molar-refractivity contribution in [1.29, 1.82) is 0 Å². The van der Waals surface area contributed by atoms with Crippen molar-refractivity contribution in [2.45, 2.75) is 13.5 Å². The molecule has 2 N–H and O–H groups in total. The van der Waals surface area contributed by atoms with Crippen molar-refractivity contribution in [3.63, 3.8) is 0 Å². The SMILES string of the molecule is C=CCn1c(C)nc2ccc(Nc3nc(Cl)nc4nc[nH]c34)cc21. The van der Waals surface area contributed by atoms with Crippen molar-refractivity contribution >= 4 is 45.3 Å². The van der Waals surface area contributed by atoms with Crippen LogP contribution >= 0.6 is 11.6 Å². The van der Waals surface area contributed by atoms with Crippen LogP contribution < -0.4 is 5.32 Å². The third-order valence-electron chi connectivity index (χ3n) is 3.77. The van der Waals surface area contributed by atoms with E-state index in [1.807, 2.05) is 31.2 Å². The van der Waals surface area contributed by atoms with E-state index in [4.69, 9.17) is 11.6 Å². The first-order valence-corrected chi connectivity index (χ1v) is 7.75. The summed E-state index contributed by atoms with van der Waals surface area (Å²) in [6.07, 6.45) is 3.42. The lowest BCUT2D eigenvalue weighted by molar-refractivity contribution is 0.808. The molecule has 0 atom stereocenters. The molecule has 3 aromatic heterocycles. The summed E-state index contributed by atoms with van der Waals surface area (Å²) in [5.74, 6) is 1.52. The summed E-state index contributed by atoms with van der Waals surface area (Å²) < 4.78 is 2.10. The maximum atomic E-state index is 5.97. The number of aryl methyl sites for hydroxylation is 1. The number of allylic oxidation sites excluding steroid dienone is 1. The van der Waals surface area contributed by atoms with Gasteiger partial charge >= 0.3 is 0 Å². The molecule has 0 unspecified atom stereocenters. The number of hydrogen-bond donors (Lipinski definition) is 2. The first kappa shape index (κ1) is 14.6. The first-order chi connectivity index (χ1) is 11.7. The van der Waals surface area contributed by atoms with Crippen LogP contribution in [0.3, 0.4) is 0 Å². The maximum absolute atomic E-state index is 5.97. The van der Waals surface area contributed by atoms with Crippen LogP contribution in [0.1, 0.15) is 5.82 Å². The first-order valence-electron chi connectivity index (χ1n) is 7.37. The molecule has 8 heteroatoms. The van der Waals surface area contributed by atoms with E-state index >= 15 is 0 Å². The molecule has 1 aromatic carbocycles. The zero-order valence-corrected chi connectivity index (χ0v) is 13.7. The number of halogens is 1. The average molecular weight is 340 g/mol. The minimum Gasteiger partial charge on any atom is -0.340 e. The predicted octanol–water partition coefficient (Wildman–Crippen LogP) is 3.59. The molecule has 0 saturated heterocycles. The fraction of sp³-hybridized carbons (Fsp3) is 0.125. The predicted molar refractivity (Wildman–Crippen MR) is 94.6 cm³/mol. The molecular weight excluding hydrogens is 326 g/mol. The van der Waals surface area contributed by atoms with E-state index < -0.39 is 0 Å². The van der Waals surface area contributed by atoms with Crippen molar-refractivity contribution in [1.82, 2.24) is 29.5 Å². The minimum absolute atomic E-state index is 0.144. The van der Waals surface area contributed by atoms with Gasteiger partial charge in [0.15, 0.2) is 11.5 Å². The largest absolute Gasteiger partial charge is 0.340 e. The fourth-order valence-corrected chi connectivity index (χ4v) is 2.88. The standard InChI is InChI=1S/C16H14ClN7/c1-3-6-24-9(2)20-11-5-4-10(7-12(11)24)21-15-13-14(19-8-18-13)22-16(17)23-15/h3-5,7-8H,1,6H2,2H3,(H2,18,19,21,22,23). The number of fused-ring (bicyclic) bond motifs is 2. The number of benzene rings is 1. The van der Waals surface area contributed by atoms with E-state index in [0.717, 1.165) is 22.5 Å². The lowest BCUT2D eigenvalue weighted by Gasteiger charge is -2.08. The van der Waals surface area contributed by atoms with E-state index in [0.29, 0.717) is 23.5 Å². The Hall–Kier alpha value is -2.93. The van der Waals surface area contributed by atoms with Crippen molar-refractivity contribution in [2.75, 3.05) is 5.32 Å². The Morgan fingerprint density at radius 2 is 2.21 bits per heavy atom. The summed E-state index contributed by atoms with van der Waals surface area (Å²) in [4.78, 5) is 20.0. The van der Waals surface area contributed by atoms with Gasteiger partial charge in [0.2, 0.25) is 5.28 Å². The van der Waals surface area contributed by atoms with Crippen molar-refractivity contribution in [2.24, 2.45) is 0 Å².